The molecule has 1 radical (unpaired) electrons. The van der Waals surface area contributed by atoms with Crippen molar-refractivity contribution in [3.8, 4) is 0 Å². The second-order valence-electron chi connectivity index (χ2n) is 3.69. The van der Waals surface area contributed by atoms with Crippen molar-refractivity contribution in [2.24, 2.45) is 0 Å². The van der Waals surface area contributed by atoms with Gasteiger partial charge in [0, 0.05) is 14.7 Å². The molecule has 0 unspecified atom stereocenters. The van der Waals surface area contributed by atoms with Gasteiger partial charge in [0.15, 0.2) is 0 Å². The Hall–Kier alpha value is 0.247. The molecular formula is C9H20ClSi. The second-order valence-corrected chi connectivity index (χ2v) is 7.50. The first-order chi connectivity index (χ1) is 4.86. The fraction of sp³-hybridized carbons (Fsp3) is 0.778. The fourth-order valence-electron chi connectivity index (χ4n) is 0. The molecule has 0 atom stereocenters. The Labute approximate surface area is 78.3 Å². The lowest BCUT2D eigenvalue weighted by Gasteiger charge is -2.20. The predicted molar refractivity (Wildman–Crippen MR) is 58.1 cm³/mol. The summed E-state index contributed by atoms with van der Waals surface area (Å²) >= 11 is 5.07. The molecule has 0 aromatic rings. The smallest absolute Gasteiger partial charge is 0.0470 e. The van der Waals surface area contributed by atoms with E-state index in [4.69, 9.17) is 11.6 Å². The van der Waals surface area contributed by atoms with Crippen LogP contribution < -0.4 is 0 Å². The van der Waals surface area contributed by atoms with Crippen LogP contribution >= 0.6 is 11.6 Å². The van der Waals surface area contributed by atoms with Gasteiger partial charge in [-0.2, -0.15) is 0 Å². The molecule has 0 rings (SSSR count). The molecule has 0 aliphatic rings. The van der Waals surface area contributed by atoms with Gasteiger partial charge in [-0.25, -0.2) is 0 Å². The third-order valence-corrected chi connectivity index (χ3v) is 4.83. The Morgan fingerprint density at radius 2 is 1.55 bits per heavy atom. The first-order valence-corrected chi connectivity index (χ1v) is 6.87. The van der Waals surface area contributed by atoms with Crippen molar-refractivity contribution in [3.05, 3.63) is 12.7 Å². The van der Waals surface area contributed by atoms with E-state index in [0.29, 0.717) is 10.9 Å². The maximum atomic E-state index is 5.07. The van der Waals surface area contributed by atoms with E-state index in [1.54, 1.807) is 6.08 Å². The van der Waals surface area contributed by atoms with Gasteiger partial charge in [-0.15, -0.1) is 18.2 Å². The van der Waals surface area contributed by atoms with E-state index in [-0.39, 0.29) is 8.80 Å². The molecule has 0 nitrogen and oxygen atoms in total. The summed E-state index contributed by atoms with van der Waals surface area (Å²) < 4.78 is 0. The van der Waals surface area contributed by atoms with Gasteiger partial charge < -0.3 is 0 Å². The highest BCUT2D eigenvalue weighted by molar-refractivity contribution is 6.59. The van der Waals surface area contributed by atoms with Crippen LogP contribution in [0.4, 0.5) is 0 Å². The van der Waals surface area contributed by atoms with E-state index in [9.17, 15) is 0 Å². The van der Waals surface area contributed by atoms with E-state index < -0.39 is 0 Å². The summed E-state index contributed by atoms with van der Waals surface area (Å²) in [6.07, 6.45) is 1.64. The van der Waals surface area contributed by atoms with Crippen molar-refractivity contribution in [1.82, 2.24) is 0 Å². The highest BCUT2D eigenvalue weighted by atomic mass is 35.5. The molecule has 67 valence electrons. The summed E-state index contributed by atoms with van der Waals surface area (Å²) in [5, 5.41) is 0.602. The van der Waals surface area contributed by atoms with Crippen molar-refractivity contribution < 1.29 is 0 Å². The number of rotatable bonds is 1. The summed E-state index contributed by atoms with van der Waals surface area (Å²) in [6, 6.07) is 0. The van der Waals surface area contributed by atoms with Crippen LogP contribution in [0.3, 0.4) is 0 Å². The van der Waals surface area contributed by atoms with Gasteiger partial charge in [-0.05, 0) is 5.04 Å². The zero-order chi connectivity index (χ0) is 9.49. The van der Waals surface area contributed by atoms with E-state index >= 15 is 0 Å². The standard InChI is InChI=1S/C6H15Si.C3H5Cl/c1-6(2,3)7(4)5;1-2-3-4/h1-5H3;2H,1,3H2. The minimum Gasteiger partial charge on any atom is -0.122 e. The molecule has 2 heteroatoms. The monoisotopic (exact) mass is 191 g/mol. The lowest BCUT2D eigenvalue weighted by Crippen LogP contribution is -2.16. The molecule has 0 N–H and O–H groups in total. The van der Waals surface area contributed by atoms with Crippen molar-refractivity contribution in [2.45, 2.75) is 38.9 Å². The molecule has 0 amide bonds. The molecule has 0 spiro atoms. The van der Waals surface area contributed by atoms with E-state index in [1.807, 2.05) is 0 Å². The Bertz CT molecular complexity index is 92.2. The summed E-state index contributed by atoms with van der Waals surface area (Å²) in [5.41, 5.74) is 0. The molecule has 0 heterocycles. The minimum atomic E-state index is -0.0502. The van der Waals surface area contributed by atoms with Crippen molar-refractivity contribution in [3.63, 3.8) is 0 Å². The molecule has 0 saturated heterocycles. The van der Waals surface area contributed by atoms with Gasteiger partial charge >= 0.3 is 0 Å². The van der Waals surface area contributed by atoms with E-state index in [0.717, 1.165) is 0 Å². The van der Waals surface area contributed by atoms with Crippen LogP contribution in [0.1, 0.15) is 20.8 Å². The van der Waals surface area contributed by atoms with Crippen LogP contribution in [-0.2, 0) is 0 Å². The maximum absolute atomic E-state index is 5.07. The Morgan fingerprint density at radius 3 is 1.55 bits per heavy atom. The van der Waals surface area contributed by atoms with Crippen molar-refractivity contribution in [1.29, 1.82) is 0 Å². The predicted octanol–water partition coefficient (Wildman–Crippen LogP) is 3.95. The van der Waals surface area contributed by atoms with E-state index in [2.05, 4.69) is 40.4 Å². The molecule has 0 aliphatic heterocycles. The number of hydrogen-bond donors (Lipinski definition) is 0. The Morgan fingerprint density at radius 1 is 1.36 bits per heavy atom. The maximum Gasteiger partial charge on any atom is 0.0470 e. The van der Waals surface area contributed by atoms with E-state index in [1.165, 1.54) is 0 Å². The third-order valence-electron chi connectivity index (χ3n) is 1.61. The number of alkyl halides is 1. The zero-order valence-corrected chi connectivity index (χ0v) is 10.1. The molecule has 0 saturated carbocycles. The average Bonchev–Trinajstić information content (AvgIpc) is 1.87. The number of hydrogen-bond acceptors (Lipinski definition) is 0. The highest BCUT2D eigenvalue weighted by Crippen LogP contribution is 2.25. The Balaban J connectivity index is 0. The van der Waals surface area contributed by atoms with Crippen LogP contribution in [0, 0.1) is 0 Å². The van der Waals surface area contributed by atoms with Crippen LogP contribution in [0.2, 0.25) is 18.1 Å². The molecule has 0 fully saturated rings. The number of halogens is 1. The van der Waals surface area contributed by atoms with Gasteiger partial charge in [-0.3, -0.25) is 0 Å². The topological polar surface area (TPSA) is 0 Å². The van der Waals surface area contributed by atoms with Crippen LogP contribution in [0.15, 0.2) is 12.7 Å². The summed E-state index contributed by atoms with van der Waals surface area (Å²) in [6.45, 7) is 15.0. The Kier molecular flexibility index (Phi) is 8.70. The molecule has 0 aromatic carbocycles. The van der Waals surface area contributed by atoms with Gasteiger partial charge in [0.05, 0.1) is 0 Å². The normalized spacial score (nSPS) is 10.5. The van der Waals surface area contributed by atoms with Crippen LogP contribution in [0.25, 0.3) is 0 Å². The zero-order valence-electron chi connectivity index (χ0n) is 8.37. The first-order valence-electron chi connectivity index (χ1n) is 3.83. The van der Waals surface area contributed by atoms with Crippen molar-refractivity contribution in [2.75, 3.05) is 5.88 Å². The minimum absolute atomic E-state index is 0.0502. The molecule has 0 aliphatic carbocycles. The average molecular weight is 192 g/mol. The summed E-state index contributed by atoms with van der Waals surface area (Å²) in [4.78, 5) is 0. The van der Waals surface area contributed by atoms with Gasteiger partial charge in [-0.1, -0.05) is 39.9 Å². The third kappa shape index (κ3) is 13.3. The molecule has 0 aromatic heterocycles. The van der Waals surface area contributed by atoms with Gasteiger partial charge in [0.1, 0.15) is 0 Å². The highest BCUT2D eigenvalue weighted by Gasteiger charge is 2.15. The molecule has 11 heavy (non-hydrogen) atoms. The lowest BCUT2D eigenvalue weighted by atomic mass is 10.2. The SMILES string of the molecule is C=CCCl.C[Si](C)C(C)(C)C. The fourth-order valence-corrected chi connectivity index (χ4v) is 0. The molecular weight excluding hydrogens is 172 g/mol. The lowest BCUT2D eigenvalue weighted by molar-refractivity contribution is 0.742. The van der Waals surface area contributed by atoms with Crippen LogP contribution in [0.5, 0.6) is 0 Å². The molecule has 0 bridgehead atoms. The quantitative estimate of drug-likeness (QED) is 0.335. The second kappa shape index (κ2) is 6.93. The first kappa shape index (κ1) is 13.8. The number of allylic oxidation sites excluding steroid dienone is 1. The van der Waals surface area contributed by atoms with Gasteiger partial charge in [0.2, 0.25) is 0 Å². The largest absolute Gasteiger partial charge is 0.122 e. The van der Waals surface area contributed by atoms with Crippen LogP contribution in [-0.4, -0.2) is 14.7 Å². The summed E-state index contributed by atoms with van der Waals surface area (Å²) in [5.74, 6) is 0.556. The summed E-state index contributed by atoms with van der Waals surface area (Å²) in [7, 11) is -0.0502. The van der Waals surface area contributed by atoms with Gasteiger partial charge in [0.25, 0.3) is 0 Å². The van der Waals surface area contributed by atoms with Crippen molar-refractivity contribution >= 4 is 20.4 Å².